The van der Waals surface area contributed by atoms with Gasteiger partial charge in [-0.1, -0.05) is 12.1 Å². The Morgan fingerprint density at radius 2 is 1.71 bits per heavy atom. The summed E-state index contributed by atoms with van der Waals surface area (Å²) in [6, 6.07) is 11.1. The van der Waals surface area contributed by atoms with Crippen LogP contribution < -0.4 is 19.6 Å². The summed E-state index contributed by atoms with van der Waals surface area (Å²) in [5, 5.41) is 4.04. The van der Waals surface area contributed by atoms with Gasteiger partial charge in [-0.05, 0) is 72.1 Å². The smallest absolute Gasteiger partial charge is 0.244 e. The van der Waals surface area contributed by atoms with E-state index in [1.54, 1.807) is 6.21 Å². The van der Waals surface area contributed by atoms with E-state index >= 15 is 0 Å². The van der Waals surface area contributed by atoms with Gasteiger partial charge in [0.1, 0.15) is 5.75 Å². The molecular formula is C21H25BrN2O4. The van der Waals surface area contributed by atoms with Crippen molar-refractivity contribution in [2.24, 2.45) is 5.10 Å². The Bertz CT molecular complexity index is 807. The summed E-state index contributed by atoms with van der Waals surface area (Å²) < 4.78 is 17.4. The van der Waals surface area contributed by atoms with E-state index < -0.39 is 0 Å². The van der Waals surface area contributed by atoms with Crippen molar-refractivity contribution in [1.82, 2.24) is 5.43 Å². The highest BCUT2D eigenvalue weighted by molar-refractivity contribution is 9.10. The lowest BCUT2D eigenvalue weighted by molar-refractivity contribution is -0.120. The van der Waals surface area contributed by atoms with Crippen molar-refractivity contribution < 1.29 is 19.0 Å². The fourth-order valence-corrected chi connectivity index (χ4v) is 3.06. The number of rotatable bonds is 10. The number of hydrogen-bond acceptors (Lipinski definition) is 5. The molecule has 0 radical (unpaired) electrons. The third-order valence-electron chi connectivity index (χ3n) is 3.62. The zero-order chi connectivity index (χ0) is 20.4. The van der Waals surface area contributed by atoms with Crippen LogP contribution in [0.2, 0.25) is 0 Å². The van der Waals surface area contributed by atoms with E-state index in [4.69, 9.17) is 14.2 Å². The van der Waals surface area contributed by atoms with Crippen molar-refractivity contribution in [2.75, 3.05) is 19.8 Å². The lowest BCUT2D eigenvalue weighted by atomic mass is 10.1. The van der Waals surface area contributed by atoms with Gasteiger partial charge in [0.15, 0.2) is 11.5 Å². The molecule has 0 saturated heterocycles. The van der Waals surface area contributed by atoms with Crippen molar-refractivity contribution in [3.8, 4) is 17.2 Å². The summed E-state index contributed by atoms with van der Waals surface area (Å²) >= 11 is 3.49. The SMILES string of the molecule is CCOc1ccc(CC(=O)N/N=C/c2cc(Br)c(OCC)c(OCC)c2)cc1. The first-order chi connectivity index (χ1) is 13.6. The van der Waals surface area contributed by atoms with Crippen molar-refractivity contribution in [3.63, 3.8) is 0 Å². The van der Waals surface area contributed by atoms with Crippen LogP contribution >= 0.6 is 15.9 Å². The zero-order valence-electron chi connectivity index (χ0n) is 16.3. The molecule has 1 amide bonds. The standard InChI is InChI=1S/C21H25BrN2O4/c1-4-26-17-9-7-15(8-10-17)13-20(25)24-23-14-16-11-18(22)21(28-6-3)19(12-16)27-5-2/h7-12,14H,4-6,13H2,1-3H3,(H,24,25)/b23-14+. The van der Waals surface area contributed by atoms with E-state index in [0.29, 0.717) is 31.3 Å². The summed E-state index contributed by atoms with van der Waals surface area (Å²) in [4.78, 5) is 12.1. The molecule has 2 rings (SSSR count). The molecule has 0 heterocycles. The number of ether oxygens (including phenoxy) is 3. The average molecular weight is 449 g/mol. The highest BCUT2D eigenvalue weighted by atomic mass is 79.9. The summed E-state index contributed by atoms with van der Waals surface area (Å²) in [5.74, 6) is 1.87. The predicted molar refractivity (Wildman–Crippen MR) is 114 cm³/mol. The highest BCUT2D eigenvalue weighted by Gasteiger charge is 2.11. The number of carbonyl (C=O) groups is 1. The second-order valence-corrected chi connectivity index (χ2v) is 6.60. The number of halogens is 1. The van der Waals surface area contributed by atoms with Crippen molar-refractivity contribution in [3.05, 3.63) is 52.0 Å². The zero-order valence-corrected chi connectivity index (χ0v) is 17.9. The third kappa shape index (κ3) is 6.56. The Balaban J connectivity index is 1.98. The monoisotopic (exact) mass is 448 g/mol. The minimum atomic E-state index is -0.199. The lowest BCUT2D eigenvalue weighted by Gasteiger charge is -2.13. The Hall–Kier alpha value is -2.54. The lowest BCUT2D eigenvalue weighted by Crippen LogP contribution is -2.19. The molecule has 28 heavy (non-hydrogen) atoms. The number of benzene rings is 2. The van der Waals surface area contributed by atoms with Crippen LogP contribution in [0.25, 0.3) is 0 Å². The van der Waals surface area contributed by atoms with Crippen LogP contribution in [-0.2, 0) is 11.2 Å². The van der Waals surface area contributed by atoms with Gasteiger partial charge in [0.2, 0.25) is 5.91 Å². The first-order valence-electron chi connectivity index (χ1n) is 9.20. The average Bonchev–Trinajstić information content (AvgIpc) is 2.66. The van der Waals surface area contributed by atoms with Crippen LogP contribution in [0.5, 0.6) is 17.2 Å². The second-order valence-electron chi connectivity index (χ2n) is 5.74. The largest absolute Gasteiger partial charge is 0.494 e. The summed E-state index contributed by atoms with van der Waals surface area (Å²) in [5.41, 5.74) is 4.21. The molecule has 0 aliphatic heterocycles. The topological polar surface area (TPSA) is 69.2 Å². The van der Waals surface area contributed by atoms with Gasteiger partial charge in [0.05, 0.1) is 36.9 Å². The van der Waals surface area contributed by atoms with E-state index in [2.05, 4.69) is 26.5 Å². The normalized spacial score (nSPS) is 10.7. The van der Waals surface area contributed by atoms with Gasteiger partial charge in [-0.3, -0.25) is 4.79 Å². The van der Waals surface area contributed by atoms with Crippen LogP contribution in [0.4, 0.5) is 0 Å². The summed E-state index contributed by atoms with van der Waals surface area (Å²) in [7, 11) is 0. The summed E-state index contributed by atoms with van der Waals surface area (Å²) in [6.07, 6.45) is 1.81. The maximum absolute atomic E-state index is 12.1. The Morgan fingerprint density at radius 1 is 1.04 bits per heavy atom. The summed E-state index contributed by atoms with van der Waals surface area (Å²) in [6.45, 7) is 7.42. The molecule has 6 nitrogen and oxygen atoms in total. The van der Waals surface area contributed by atoms with Gasteiger partial charge in [0.25, 0.3) is 0 Å². The fourth-order valence-electron chi connectivity index (χ4n) is 2.48. The molecule has 0 aliphatic rings. The maximum Gasteiger partial charge on any atom is 0.244 e. The van der Waals surface area contributed by atoms with Gasteiger partial charge in [0, 0.05) is 0 Å². The minimum absolute atomic E-state index is 0.199. The molecule has 0 atom stereocenters. The number of nitrogens with one attached hydrogen (secondary N) is 1. The number of hydrazone groups is 1. The predicted octanol–water partition coefficient (Wildman–Crippen LogP) is 4.34. The molecular weight excluding hydrogens is 424 g/mol. The molecule has 1 N–H and O–H groups in total. The molecule has 0 aliphatic carbocycles. The van der Waals surface area contributed by atoms with Crippen molar-refractivity contribution >= 4 is 28.1 Å². The Morgan fingerprint density at radius 3 is 2.36 bits per heavy atom. The van der Waals surface area contributed by atoms with E-state index in [1.165, 1.54) is 0 Å². The second kappa shape index (κ2) is 11.3. The highest BCUT2D eigenvalue weighted by Crippen LogP contribution is 2.36. The third-order valence-corrected chi connectivity index (χ3v) is 4.21. The van der Waals surface area contributed by atoms with E-state index in [1.807, 2.05) is 57.2 Å². The minimum Gasteiger partial charge on any atom is -0.494 e. The van der Waals surface area contributed by atoms with Gasteiger partial charge in [-0.15, -0.1) is 0 Å². The number of hydrogen-bond donors (Lipinski definition) is 1. The van der Waals surface area contributed by atoms with Gasteiger partial charge >= 0.3 is 0 Å². The van der Waals surface area contributed by atoms with E-state index in [0.717, 1.165) is 21.3 Å². The molecule has 0 aromatic heterocycles. The van der Waals surface area contributed by atoms with E-state index in [-0.39, 0.29) is 12.3 Å². The van der Waals surface area contributed by atoms with Crippen molar-refractivity contribution in [1.29, 1.82) is 0 Å². The Kier molecular flexibility index (Phi) is 8.81. The Labute approximate surface area is 174 Å². The molecule has 7 heteroatoms. The van der Waals surface area contributed by atoms with Crippen molar-refractivity contribution in [2.45, 2.75) is 27.2 Å². The number of amides is 1. The first kappa shape index (κ1) is 21.8. The number of nitrogens with zero attached hydrogens (tertiary/aromatic N) is 1. The van der Waals surface area contributed by atoms with Crippen LogP contribution in [0.1, 0.15) is 31.9 Å². The molecule has 0 unspecified atom stereocenters. The van der Waals surface area contributed by atoms with E-state index in [9.17, 15) is 4.79 Å². The van der Waals surface area contributed by atoms with Crippen LogP contribution in [0, 0.1) is 0 Å². The van der Waals surface area contributed by atoms with Crippen LogP contribution in [0.15, 0.2) is 46.0 Å². The van der Waals surface area contributed by atoms with Gasteiger partial charge in [-0.25, -0.2) is 5.43 Å². The molecule has 0 spiro atoms. The van der Waals surface area contributed by atoms with Gasteiger partial charge in [-0.2, -0.15) is 5.10 Å². The first-order valence-corrected chi connectivity index (χ1v) is 9.99. The quantitative estimate of drug-likeness (QED) is 0.433. The molecule has 0 saturated carbocycles. The number of carbonyl (C=O) groups excluding carboxylic acids is 1. The molecule has 2 aromatic rings. The molecule has 150 valence electrons. The molecule has 0 fully saturated rings. The molecule has 2 aromatic carbocycles. The molecule has 0 bridgehead atoms. The fraction of sp³-hybridized carbons (Fsp3) is 0.333. The van der Waals surface area contributed by atoms with Crippen LogP contribution in [-0.4, -0.2) is 31.9 Å². The maximum atomic E-state index is 12.1. The van der Waals surface area contributed by atoms with Crippen LogP contribution in [0.3, 0.4) is 0 Å². The van der Waals surface area contributed by atoms with Gasteiger partial charge < -0.3 is 14.2 Å².